The molecule has 3 rings (SSSR count). The first-order chi connectivity index (χ1) is 13.3. The van der Waals surface area contributed by atoms with Gasteiger partial charge < -0.3 is 9.72 Å². The van der Waals surface area contributed by atoms with Crippen LogP contribution in [-0.2, 0) is 11.3 Å². The lowest BCUT2D eigenvalue weighted by atomic mass is 10.1. The zero-order valence-corrected chi connectivity index (χ0v) is 17.6. The molecule has 28 heavy (non-hydrogen) atoms. The topological polar surface area (TPSA) is 75.3 Å². The monoisotopic (exact) mass is 399 g/mol. The number of thiophene rings is 1. The Bertz CT molecular complexity index is 1070. The summed E-state index contributed by atoms with van der Waals surface area (Å²) < 4.78 is 5.09. The maximum absolute atomic E-state index is 12.7. The molecule has 3 aromatic rings. The van der Waals surface area contributed by atoms with E-state index in [2.05, 4.69) is 33.9 Å². The van der Waals surface area contributed by atoms with Crippen molar-refractivity contribution in [3.8, 4) is 0 Å². The molecule has 0 saturated carbocycles. The van der Waals surface area contributed by atoms with Crippen molar-refractivity contribution in [1.29, 1.82) is 0 Å². The highest BCUT2D eigenvalue weighted by molar-refractivity contribution is 7.20. The van der Waals surface area contributed by atoms with Crippen molar-refractivity contribution in [3.63, 3.8) is 0 Å². The third-order valence-electron chi connectivity index (χ3n) is 5.02. The number of carbonyl (C=O) groups is 1. The molecule has 1 N–H and O–H groups in total. The molecular formula is C21H25N3O3S. The van der Waals surface area contributed by atoms with Gasteiger partial charge in [0, 0.05) is 6.54 Å². The molecule has 0 aliphatic heterocycles. The number of benzene rings is 1. The minimum atomic E-state index is -0.409. The fraction of sp³-hybridized carbons (Fsp3) is 0.381. The highest BCUT2D eigenvalue weighted by Crippen LogP contribution is 2.29. The van der Waals surface area contributed by atoms with E-state index >= 15 is 0 Å². The van der Waals surface area contributed by atoms with Crippen molar-refractivity contribution >= 4 is 27.5 Å². The summed E-state index contributed by atoms with van der Waals surface area (Å²) in [4.78, 5) is 35.5. The molecule has 148 valence electrons. The summed E-state index contributed by atoms with van der Waals surface area (Å²) in [6.07, 6.45) is 0. The van der Waals surface area contributed by atoms with Crippen LogP contribution in [0.4, 0.5) is 0 Å². The zero-order chi connectivity index (χ0) is 20.4. The summed E-state index contributed by atoms with van der Waals surface area (Å²) in [6.45, 7) is 8.65. The van der Waals surface area contributed by atoms with Gasteiger partial charge in [-0.1, -0.05) is 24.3 Å². The molecule has 0 radical (unpaired) electrons. The Morgan fingerprint density at radius 3 is 2.71 bits per heavy atom. The van der Waals surface area contributed by atoms with E-state index in [0.717, 1.165) is 6.54 Å². The Balaban J connectivity index is 1.93. The molecule has 0 spiro atoms. The second kappa shape index (κ2) is 8.24. The Labute approximate surface area is 168 Å². The minimum absolute atomic E-state index is 0.0924. The highest BCUT2D eigenvalue weighted by atomic mass is 32.1. The van der Waals surface area contributed by atoms with Crippen LogP contribution in [-0.4, -0.2) is 34.5 Å². The van der Waals surface area contributed by atoms with Crippen LogP contribution < -0.4 is 5.56 Å². The van der Waals surface area contributed by atoms with Crippen molar-refractivity contribution in [2.75, 3.05) is 13.7 Å². The van der Waals surface area contributed by atoms with Gasteiger partial charge >= 0.3 is 5.97 Å². The number of nitrogens with zero attached hydrogens (tertiary/aromatic N) is 2. The number of esters is 1. The van der Waals surface area contributed by atoms with Crippen molar-refractivity contribution in [2.24, 2.45) is 0 Å². The molecular weight excluding hydrogens is 374 g/mol. The van der Waals surface area contributed by atoms with E-state index < -0.39 is 5.97 Å². The normalized spacial score (nSPS) is 12.5. The molecule has 0 aliphatic carbocycles. The highest BCUT2D eigenvalue weighted by Gasteiger charge is 2.22. The third-order valence-corrected chi connectivity index (χ3v) is 6.18. The van der Waals surface area contributed by atoms with Gasteiger partial charge in [-0.2, -0.15) is 0 Å². The van der Waals surface area contributed by atoms with Crippen molar-refractivity contribution in [2.45, 2.75) is 40.3 Å². The molecule has 6 nitrogen and oxygen atoms in total. The number of H-pyrrole nitrogens is 1. The second-order valence-corrected chi connectivity index (χ2v) is 7.92. The van der Waals surface area contributed by atoms with E-state index in [1.807, 2.05) is 26.1 Å². The van der Waals surface area contributed by atoms with Gasteiger partial charge in [0.1, 0.15) is 15.5 Å². The van der Waals surface area contributed by atoms with E-state index in [1.54, 1.807) is 13.8 Å². The van der Waals surface area contributed by atoms with Crippen LogP contribution in [0.15, 0.2) is 29.1 Å². The number of ether oxygens (including phenoxy) is 1. The van der Waals surface area contributed by atoms with Gasteiger partial charge in [0.25, 0.3) is 5.56 Å². The standard InChI is InChI=1S/C21H25N3O3S/c1-6-27-21(26)17-13(3)16-19(25)22-18(23-20(16)28-17)14(4)24(5)11-15-10-8-7-9-12(15)2/h7-10,14H,6,11H2,1-5H3,(H,22,23,25). The summed E-state index contributed by atoms with van der Waals surface area (Å²) in [6, 6.07) is 8.15. The summed E-state index contributed by atoms with van der Waals surface area (Å²) in [5.74, 6) is 0.180. The van der Waals surface area contributed by atoms with Crippen molar-refractivity contribution in [3.05, 3.63) is 62.0 Å². The van der Waals surface area contributed by atoms with Crippen LogP contribution in [0.5, 0.6) is 0 Å². The fourth-order valence-corrected chi connectivity index (χ4v) is 4.23. The first-order valence-corrected chi connectivity index (χ1v) is 10.1. The molecule has 1 aromatic carbocycles. The molecule has 0 amide bonds. The van der Waals surface area contributed by atoms with Crippen molar-refractivity contribution in [1.82, 2.24) is 14.9 Å². The van der Waals surface area contributed by atoms with Crippen LogP contribution in [0.25, 0.3) is 10.2 Å². The van der Waals surface area contributed by atoms with Gasteiger partial charge in [-0.25, -0.2) is 9.78 Å². The van der Waals surface area contributed by atoms with Crippen LogP contribution in [0.3, 0.4) is 0 Å². The van der Waals surface area contributed by atoms with Crippen LogP contribution >= 0.6 is 11.3 Å². The predicted octanol–water partition coefficient (Wildman–Crippen LogP) is 3.97. The van der Waals surface area contributed by atoms with Crippen molar-refractivity contribution < 1.29 is 9.53 Å². The van der Waals surface area contributed by atoms with E-state index in [9.17, 15) is 9.59 Å². The maximum atomic E-state index is 12.7. The van der Waals surface area contributed by atoms with E-state index in [4.69, 9.17) is 4.74 Å². The lowest BCUT2D eigenvalue weighted by molar-refractivity contribution is 0.0531. The minimum Gasteiger partial charge on any atom is -0.462 e. The second-order valence-electron chi connectivity index (χ2n) is 6.93. The number of fused-ring (bicyclic) bond motifs is 1. The first kappa shape index (κ1) is 20.2. The molecule has 7 heteroatoms. The quantitative estimate of drug-likeness (QED) is 0.635. The molecule has 0 saturated heterocycles. The van der Waals surface area contributed by atoms with Gasteiger partial charge in [-0.3, -0.25) is 9.69 Å². The average Bonchev–Trinajstić information content (AvgIpc) is 3.00. The number of hydrogen-bond acceptors (Lipinski definition) is 6. The summed E-state index contributed by atoms with van der Waals surface area (Å²) >= 11 is 1.21. The molecule has 0 fully saturated rings. The van der Waals surface area contributed by atoms with Gasteiger partial charge in [-0.15, -0.1) is 11.3 Å². The third kappa shape index (κ3) is 3.86. The molecule has 0 bridgehead atoms. The lowest BCUT2D eigenvalue weighted by Crippen LogP contribution is -2.26. The Morgan fingerprint density at radius 2 is 2.04 bits per heavy atom. The largest absolute Gasteiger partial charge is 0.462 e. The smallest absolute Gasteiger partial charge is 0.348 e. The predicted molar refractivity (Wildman–Crippen MR) is 112 cm³/mol. The van der Waals surface area contributed by atoms with Crippen LogP contribution in [0.2, 0.25) is 0 Å². The number of nitrogens with one attached hydrogen (secondary N) is 1. The fourth-order valence-electron chi connectivity index (χ4n) is 3.15. The van der Waals surface area contributed by atoms with Gasteiger partial charge in [0.2, 0.25) is 0 Å². The van der Waals surface area contributed by atoms with E-state index in [1.165, 1.54) is 22.5 Å². The molecule has 1 unspecified atom stereocenters. The van der Waals surface area contributed by atoms with Crippen LogP contribution in [0.1, 0.15) is 52.1 Å². The summed E-state index contributed by atoms with van der Waals surface area (Å²) in [5, 5.41) is 0.463. The molecule has 2 aromatic heterocycles. The maximum Gasteiger partial charge on any atom is 0.348 e. The molecule has 0 aliphatic rings. The SMILES string of the molecule is CCOC(=O)c1sc2nc(C(C)N(C)Cc3ccccc3C)[nH]c(=O)c2c1C. The average molecular weight is 400 g/mol. The zero-order valence-electron chi connectivity index (χ0n) is 16.8. The Morgan fingerprint density at radius 1 is 1.32 bits per heavy atom. The number of aromatic nitrogens is 2. The van der Waals surface area contributed by atoms with E-state index in [0.29, 0.717) is 33.1 Å². The molecule has 1 atom stereocenters. The number of carbonyl (C=O) groups excluding carboxylic acids is 1. The Hall–Kier alpha value is -2.51. The van der Waals surface area contributed by atoms with Gasteiger partial charge in [-0.05, 0) is 51.4 Å². The Kier molecular flexibility index (Phi) is 5.96. The molecule has 2 heterocycles. The summed E-state index contributed by atoms with van der Waals surface area (Å²) in [5.41, 5.74) is 2.86. The lowest BCUT2D eigenvalue weighted by Gasteiger charge is -2.24. The number of hydrogen-bond donors (Lipinski definition) is 1. The van der Waals surface area contributed by atoms with Crippen LogP contribution in [0, 0.1) is 13.8 Å². The van der Waals surface area contributed by atoms with Gasteiger partial charge in [0.15, 0.2) is 0 Å². The number of rotatable bonds is 6. The first-order valence-electron chi connectivity index (χ1n) is 9.28. The summed E-state index contributed by atoms with van der Waals surface area (Å²) in [7, 11) is 2.00. The number of aryl methyl sites for hydroxylation is 2. The number of aromatic amines is 1. The van der Waals surface area contributed by atoms with Gasteiger partial charge in [0.05, 0.1) is 18.0 Å². The van der Waals surface area contributed by atoms with E-state index in [-0.39, 0.29) is 11.6 Å².